The highest BCUT2D eigenvalue weighted by molar-refractivity contribution is 7.98. The van der Waals surface area contributed by atoms with E-state index >= 15 is 0 Å². The lowest BCUT2D eigenvalue weighted by atomic mass is 9.65. The van der Waals surface area contributed by atoms with Crippen molar-refractivity contribution in [2.45, 2.75) is 57.0 Å². The minimum absolute atomic E-state index is 0.0399. The Morgan fingerprint density at radius 3 is 2.78 bits per heavy atom. The predicted octanol–water partition coefficient (Wildman–Crippen LogP) is 8.04. The number of thiazole rings is 1. The number of thioether (sulfide) groups is 1. The Hall–Kier alpha value is -2.59. The third-order valence-corrected chi connectivity index (χ3v) is 10.4. The maximum Gasteiger partial charge on any atom is 0.273 e. The van der Waals surface area contributed by atoms with Crippen LogP contribution in [-0.4, -0.2) is 50.3 Å². The fourth-order valence-corrected chi connectivity index (χ4v) is 8.73. The molecule has 6 rings (SSSR count). The van der Waals surface area contributed by atoms with Crippen LogP contribution in [0.15, 0.2) is 53.0 Å². The van der Waals surface area contributed by atoms with Crippen molar-refractivity contribution in [1.29, 1.82) is 0 Å². The average molecular weight is 629 g/mol. The molecular weight excluding hydrogens is 597 g/mol. The number of amides is 1. The van der Waals surface area contributed by atoms with Gasteiger partial charge < -0.3 is 9.64 Å². The zero-order valence-corrected chi connectivity index (χ0v) is 26.5. The summed E-state index contributed by atoms with van der Waals surface area (Å²) < 4.78 is 7.33. The van der Waals surface area contributed by atoms with E-state index in [0.717, 1.165) is 36.4 Å². The van der Waals surface area contributed by atoms with Gasteiger partial charge in [-0.15, -0.1) is 21.5 Å². The Kier molecular flexibility index (Phi) is 7.59. The van der Waals surface area contributed by atoms with Crippen molar-refractivity contribution >= 4 is 52.2 Å². The Labute approximate surface area is 258 Å². The van der Waals surface area contributed by atoms with Crippen LogP contribution in [0.3, 0.4) is 0 Å². The summed E-state index contributed by atoms with van der Waals surface area (Å²) in [6.07, 6.45) is 3.26. The molecule has 1 aliphatic carbocycles. The van der Waals surface area contributed by atoms with Gasteiger partial charge in [0.1, 0.15) is 16.5 Å². The minimum Gasteiger partial charge on any atom is -0.497 e. The molecule has 1 amide bonds. The van der Waals surface area contributed by atoms with Gasteiger partial charge in [0.25, 0.3) is 5.91 Å². The number of halogens is 2. The van der Waals surface area contributed by atoms with Crippen LogP contribution < -0.4 is 4.74 Å². The van der Waals surface area contributed by atoms with Crippen molar-refractivity contribution in [3.8, 4) is 22.8 Å². The molecule has 2 atom stereocenters. The van der Waals surface area contributed by atoms with Gasteiger partial charge in [0.15, 0.2) is 11.0 Å². The lowest BCUT2D eigenvalue weighted by molar-refractivity contribution is 0.0703. The fourth-order valence-electron chi connectivity index (χ4n) is 6.63. The zero-order valence-electron chi connectivity index (χ0n) is 23.4. The third kappa shape index (κ3) is 5.74. The van der Waals surface area contributed by atoms with Crippen LogP contribution >= 0.6 is 46.3 Å². The molecule has 2 aromatic carbocycles. The Balaban J connectivity index is 1.25. The summed E-state index contributed by atoms with van der Waals surface area (Å²) in [6, 6.07) is 13.2. The van der Waals surface area contributed by atoms with E-state index in [2.05, 4.69) is 35.9 Å². The van der Waals surface area contributed by atoms with Gasteiger partial charge in [0, 0.05) is 28.6 Å². The Morgan fingerprint density at radius 1 is 1.15 bits per heavy atom. The SMILES string of the molecule is COc1cccc(-c2nnc(SCc3nc(C(=O)N4CC5(C)CC4CC(C)(C)C5)cs3)n2-c2cc(Cl)ccc2Cl)c1. The van der Waals surface area contributed by atoms with E-state index in [1.807, 2.05) is 34.2 Å². The smallest absolute Gasteiger partial charge is 0.273 e. The van der Waals surface area contributed by atoms with E-state index in [1.54, 1.807) is 25.3 Å². The molecule has 3 heterocycles. The Morgan fingerprint density at radius 2 is 1.98 bits per heavy atom. The number of hydrogen-bond donors (Lipinski definition) is 0. The number of fused-ring (bicyclic) bond motifs is 2. The van der Waals surface area contributed by atoms with E-state index in [4.69, 9.17) is 32.9 Å². The molecule has 2 aromatic heterocycles. The molecule has 4 aromatic rings. The number of methoxy groups -OCH3 is 1. The first-order valence-corrected chi connectivity index (χ1v) is 16.1. The molecule has 41 heavy (non-hydrogen) atoms. The van der Waals surface area contributed by atoms with Crippen molar-refractivity contribution in [3.63, 3.8) is 0 Å². The monoisotopic (exact) mass is 627 g/mol. The number of hydrogen-bond acceptors (Lipinski definition) is 7. The molecule has 2 unspecified atom stereocenters. The van der Waals surface area contributed by atoms with Gasteiger partial charge >= 0.3 is 0 Å². The Bertz CT molecular complexity index is 1620. The van der Waals surface area contributed by atoms with Gasteiger partial charge in [-0.2, -0.15) is 0 Å². The molecular formula is C30H31Cl2N5O2S2. The second kappa shape index (κ2) is 10.9. The molecule has 0 radical (unpaired) electrons. The van der Waals surface area contributed by atoms with E-state index in [-0.39, 0.29) is 22.8 Å². The summed E-state index contributed by atoms with van der Waals surface area (Å²) >= 11 is 16.0. The summed E-state index contributed by atoms with van der Waals surface area (Å²) in [5.74, 6) is 1.89. The van der Waals surface area contributed by atoms with Gasteiger partial charge in [-0.25, -0.2) is 4.98 Å². The highest BCUT2D eigenvalue weighted by atomic mass is 35.5. The molecule has 1 saturated heterocycles. The van der Waals surface area contributed by atoms with Gasteiger partial charge in [-0.3, -0.25) is 9.36 Å². The van der Waals surface area contributed by atoms with Crippen LogP contribution in [-0.2, 0) is 5.75 Å². The zero-order chi connectivity index (χ0) is 28.9. The van der Waals surface area contributed by atoms with Gasteiger partial charge in [0.05, 0.1) is 23.6 Å². The number of aromatic nitrogens is 4. The summed E-state index contributed by atoms with van der Waals surface area (Å²) in [5, 5.41) is 13.5. The lowest BCUT2D eigenvalue weighted by Gasteiger charge is -2.39. The summed E-state index contributed by atoms with van der Waals surface area (Å²) in [5.41, 5.74) is 2.46. The maximum absolute atomic E-state index is 13.6. The quantitative estimate of drug-likeness (QED) is 0.193. The number of ether oxygens (including phenoxy) is 1. The molecule has 2 aliphatic rings. The maximum atomic E-state index is 13.6. The second-order valence-corrected chi connectivity index (χ2v) is 14.8. The molecule has 2 fully saturated rings. The van der Waals surface area contributed by atoms with Crippen molar-refractivity contribution in [3.05, 3.63) is 68.6 Å². The third-order valence-electron chi connectivity index (χ3n) is 7.88. The first kappa shape index (κ1) is 28.5. The van der Waals surface area contributed by atoms with Gasteiger partial charge in [-0.1, -0.05) is 67.9 Å². The largest absolute Gasteiger partial charge is 0.497 e. The molecule has 2 bridgehead atoms. The highest BCUT2D eigenvalue weighted by Gasteiger charge is 2.51. The van der Waals surface area contributed by atoms with E-state index in [1.165, 1.54) is 23.1 Å². The van der Waals surface area contributed by atoms with E-state index in [9.17, 15) is 4.79 Å². The van der Waals surface area contributed by atoms with Gasteiger partial charge in [-0.05, 0) is 60.4 Å². The number of nitrogens with zero attached hydrogens (tertiary/aromatic N) is 5. The first-order valence-electron chi connectivity index (χ1n) is 13.5. The first-order chi connectivity index (χ1) is 19.5. The second-order valence-electron chi connectivity index (χ2n) is 12.0. The number of carbonyl (C=O) groups excluding carboxylic acids is 1. The molecule has 11 heteroatoms. The van der Waals surface area contributed by atoms with Crippen molar-refractivity contribution in [1.82, 2.24) is 24.6 Å². The molecule has 7 nitrogen and oxygen atoms in total. The van der Waals surface area contributed by atoms with Crippen LogP contribution in [0.4, 0.5) is 0 Å². The van der Waals surface area contributed by atoms with E-state index < -0.39 is 0 Å². The van der Waals surface area contributed by atoms with Crippen LogP contribution in [0, 0.1) is 10.8 Å². The van der Waals surface area contributed by atoms with Crippen molar-refractivity contribution in [2.24, 2.45) is 10.8 Å². The van der Waals surface area contributed by atoms with Crippen LogP contribution in [0.5, 0.6) is 5.75 Å². The molecule has 1 aliphatic heterocycles. The van der Waals surface area contributed by atoms with E-state index in [0.29, 0.717) is 43.9 Å². The molecule has 0 N–H and O–H groups in total. The standard InChI is InChI=1S/C30H31Cl2N5O2S2/c1-29(2)12-20-13-30(3,16-29)17-36(20)27(38)23-14-40-25(33-23)15-41-28-35-34-26(18-6-5-7-21(10-18)39-4)37(28)24-11-19(31)8-9-22(24)32/h5-11,14,20H,12-13,15-17H2,1-4H3. The van der Waals surface area contributed by atoms with Crippen molar-refractivity contribution < 1.29 is 9.53 Å². The summed E-state index contributed by atoms with van der Waals surface area (Å²) in [6.45, 7) is 7.76. The normalized spacial score (nSPS) is 21.3. The molecule has 0 spiro atoms. The van der Waals surface area contributed by atoms with Crippen LogP contribution in [0.2, 0.25) is 10.0 Å². The predicted molar refractivity (Wildman–Crippen MR) is 166 cm³/mol. The van der Waals surface area contributed by atoms with Crippen LogP contribution in [0.1, 0.15) is 55.5 Å². The fraction of sp³-hybridized carbons (Fsp3) is 0.400. The summed E-state index contributed by atoms with van der Waals surface area (Å²) in [7, 11) is 1.63. The lowest BCUT2D eigenvalue weighted by Crippen LogP contribution is -2.37. The summed E-state index contributed by atoms with van der Waals surface area (Å²) in [4.78, 5) is 20.4. The molecule has 214 valence electrons. The number of rotatable bonds is 7. The number of benzene rings is 2. The highest BCUT2D eigenvalue weighted by Crippen LogP contribution is 2.52. The average Bonchev–Trinajstić information content (AvgIpc) is 3.63. The molecule has 1 saturated carbocycles. The van der Waals surface area contributed by atoms with Crippen LogP contribution in [0.25, 0.3) is 17.1 Å². The minimum atomic E-state index is 0.0399. The number of carbonyl (C=O) groups is 1. The number of likely N-dealkylation sites (tertiary alicyclic amines) is 1. The topological polar surface area (TPSA) is 73.1 Å². The van der Waals surface area contributed by atoms with Crippen molar-refractivity contribution in [2.75, 3.05) is 13.7 Å². The van der Waals surface area contributed by atoms with Gasteiger partial charge in [0.2, 0.25) is 0 Å².